The molecule has 0 radical (unpaired) electrons. The lowest BCUT2D eigenvalue weighted by molar-refractivity contribution is -0.0364. The van der Waals surface area contributed by atoms with Crippen LogP contribution in [-0.4, -0.2) is 23.6 Å². The van der Waals surface area contributed by atoms with Crippen LogP contribution in [-0.2, 0) is 0 Å². The minimum absolute atomic E-state index is 0.708. The van der Waals surface area contributed by atoms with Crippen LogP contribution < -0.4 is 5.43 Å². The molecular weight excluding hydrogens is 124 g/mol. The van der Waals surface area contributed by atoms with E-state index in [0.717, 1.165) is 18.5 Å². The monoisotopic (exact) mass is 142 g/mol. The number of hydrazine groups is 1. The number of nitrogens with one attached hydrogen (secondary N) is 1. The molecule has 1 N–H and O–H groups in total. The second-order valence-corrected chi connectivity index (χ2v) is 3.43. The smallest absolute Gasteiger partial charge is 0.0405 e. The Bertz CT molecular complexity index is 112. The van der Waals surface area contributed by atoms with Crippen molar-refractivity contribution in [3.8, 4) is 0 Å². The summed E-state index contributed by atoms with van der Waals surface area (Å²) in [5.41, 5.74) is 3.41. The summed E-state index contributed by atoms with van der Waals surface area (Å²) in [6.07, 6.45) is 0. The number of hydrogen-bond acceptors (Lipinski definition) is 2. The molecule has 10 heavy (non-hydrogen) atoms. The zero-order valence-corrected chi connectivity index (χ0v) is 7.39. The van der Waals surface area contributed by atoms with E-state index in [4.69, 9.17) is 0 Å². The highest BCUT2D eigenvalue weighted by Crippen LogP contribution is 2.19. The number of likely N-dealkylation sites (N-methyl/N-ethyl adjacent to an activating group) is 1. The van der Waals surface area contributed by atoms with Crippen molar-refractivity contribution < 1.29 is 0 Å². The summed E-state index contributed by atoms with van der Waals surface area (Å²) >= 11 is 0. The lowest BCUT2D eigenvalue weighted by Gasteiger charge is -2.49. The fourth-order valence-corrected chi connectivity index (χ4v) is 1.61. The van der Waals surface area contributed by atoms with Gasteiger partial charge in [-0.25, -0.2) is 10.4 Å². The second kappa shape index (κ2) is 2.89. The van der Waals surface area contributed by atoms with E-state index in [1.807, 2.05) is 0 Å². The van der Waals surface area contributed by atoms with Gasteiger partial charge in [-0.05, 0) is 12.8 Å². The summed E-state index contributed by atoms with van der Waals surface area (Å²) in [6, 6.07) is 1.44. The molecule has 1 saturated heterocycles. The van der Waals surface area contributed by atoms with Gasteiger partial charge in [0.25, 0.3) is 0 Å². The molecule has 1 unspecified atom stereocenters. The van der Waals surface area contributed by atoms with Crippen molar-refractivity contribution >= 4 is 0 Å². The summed E-state index contributed by atoms with van der Waals surface area (Å²) < 4.78 is 0. The van der Waals surface area contributed by atoms with Gasteiger partial charge in [-0.2, -0.15) is 0 Å². The maximum absolute atomic E-state index is 3.41. The first-order chi connectivity index (χ1) is 4.66. The van der Waals surface area contributed by atoms with E-state index in [1.54, 1.807) is 0 Å². The normalized spacial score (nSPS) is 34.5. The van der Waals surface area contributed by atoms with Crippen LogP contribution in [0, 0.1) is 5.92 Å². The fraction of sp³-hybridized carbons (Fsp3) is 1.00. The van der Waals surface area contributed by atoms with Crippen molar-refractivity contribution in [2.24, 2.45) is 5.92 Å². The minimum atomic E-state index is 0.708. The Morgan fingerprint density at radius 1 is 1.50 bits per heavy atom. The SMILES string of the molecule is CCN1N[C@@H](C(C)C)C1C. The van der Waals surface area contributed by atoms with Gasteiger partial charge in [0, 0.05) is 18.6 Å². The first kappa shape index (κ1) is 8.02. The van der Waals surface area contributed by atoms with E-state index in [2.05, 4.69) is 38.1 Å². The number of nitrogens with zero attached hydrogens (tertiary/aromatic N) is 1. The van der Waals surface area contributed by atoms with Crippen molar-refractivity contribution in [2.45, 2.75) is 39.8 Å². The van der Waals surface area contributed by atoms with Gasteiger partial charge in [0.2, 0.25) is 0 Å². The Hall–Kier alpha value is -0.0800. The van der Waals surface area contributed by atoms with E-state index in [0.29, 0.717) is 6.04 Å². The van der Waals surface area contributed by atoms with Crippen LogP contribution in [0.3, 0.4) is 0 Å². The van der Waals surface area contributed by atoms with Crippen molar-refractivity contribution in [2.75, 3.05) is 6.54 Å². The Balaban J connectivity index is 2.31. The largest absolute Gasteiger partial charge is 0.250 e. The highest BCUT2D eigenvalue weighted by Gasteiger charge is 2.35. The zero-order chi connectivity index (χ0) is 7.72. The highest BCUT2D eigenvalue weighted by molar-refractivity contribution is 4.89. The van der Waals surface area contributed by atoms with Crippen LogP contribution in [0.4, 0.5) is 0 Å². The van der Waals surface area contributed by atoms with Gasteiger partial charge in [0.05, 0.1) is 0 Å². The molecule has 1 aliphatic rings. The standard InChI is InChI=1S/C8H18N2/c1-5-10-7(4)8(9-10)6(2)3/h6-9H,5H2,1-4H3/t7?,8-/m0/s1. The van der Waals surface area contributed by atoms with Gasteiger partial charge in [-0.15, -0.1) is 0 Å². The van der Waals surface area contributed by atoms with E-state index in [9.17, 15) is 0 Å². The predicted octanol–water partition coefficient (Wildman–Crippen LogP) is 1.24. The van der Waals surface area contributed by atoms with Crippen LogP contribution in [0.5, 0.6) is 0 Å². The lowest BCUT2D eigenvalue weighted by Crippen LogP contribution is -2.69. The van der Waals surface area contributed by atoms with E-state index in [1.165, 1.54) is 0 Å². The molecular formula is C8H18N2. The molecule has 0 bridgehead atoms. The molecule has 1 fully saturated rings. The third kappa shape index (κ3) is 1.18. The molecule has 0 aromatic rings. The molecule has 2 atom stereocenters. The molecule has 0 aromatic heterocycles. The molecule has 60 valence electrons. The Morgan fingerprint density at radius 2 is 2.10 bits per heavy atom. The van der Waals surface area contributed by atoms with Crippen LogP contribution in [0.1, 0.15) is 27.7 Å². The Kier molecular flexibility index (Phi) is 2.32. The molecule has 0 saturated carbocycles. The molecule has 1 rings (SSSR count). The summed E-state index contributed by atoms with van der Waals surface area (Å²) in [4.78, 5) is 0. The molecule has 1 aliphatic heterocycles. The summed E-state index contributed by atoms with van der Waals surface area (Å²) in [5.74, 6) is 0.762. The van der Waals surface area contributed by atoms with Crippen LogP contribution in [0.25, 0.3) is 0 Å². The van der Waals surface area contributed by atoms with E-state index in [-0.39, 0.29) is 0 Å². The minimum Gasteiger partial charge on any atom is -0.250 e. The molecule has 2 heteroatoms. The first-order valence-corrected chi connectivity index (χ1v) is 4.19. The quantitative estimate of drug-likeness (QED) is 0.624. The van der Waals surface area contributed by atoms with Gasteiger partial charge in [-0.1, -0.05) is 20.8 Å². The molecule has 0 amide bonds. The van der Waals surface area contributed by atoms with Crippen LogP contribution >= 0.6 is 0 Å². The highest BCUT2D eigenvalue weighted by atomic mass is 15.6. The summed E-state index contributed by atoms with van der Waals surface area (Å²) in [6.45, 7) is 10.1. The van der Waals surface area contributed by atoms with Crippen molar-refractivity contribution in [1.82, 2.24) is 10.4 Å². The number of rotatable bonds is 2. The Morgan fingerprint density at radius 3 is 2.40 bits per heavy atom. The average Bonchev–Trinajstić information content (AvgIpc) is 1.85. The maximum Gasteiger partial charge on any atom is 0.0405 e. The molecule has 0 spiro atoms. The lowest BCUT2D eigenvalue weighted by atomic mass is 9.94. The second-order valence-electron chi connectivity index (χ2n) is 3.43. The molecule has 1 heterocycles. The van der Waals surface area contributed by atoms with E-state index >= 15 is 0 Å². The van der Waals surface area contributed by atoms with Crippen molar-refractivity contribution in [1.29, 1.82) is 0 Å². The topological polar surface area (TPSA) is 15.3 Å². The van der Waals surface area contributed by atoms with E-state index < -0.39 is 0 Å². The van der Waals surface area contributed by atoms with Crippen molar-refractivity contribution in [3.05, 3.63) is 0 Å². The van der Waals surface area contributed by atoms with Crippen molar-refractivity contribution in [3.63, 3.8) is 0 Å². The zero-order valence-electron chi connectivity index (χ0n) is 7.39. The van der Waals surface area contributed by atoms with Gasteiger partial charge >= 0.3 is 0 Å². The molecule has 2 nitrogen and oxygen atoms in total. The van der Waals surface area contributed by atoms with Gasteiger partial charge in [-0.3, -0.25) is 0 Å². The first-order valence-electron chi connectivity index (χ1n) is 4.19. The molecule has 0 aromatic carbocycles. The van der Waals surface area contributed by atoms with Crippen LogP contribution in [0.15, 0.2) is 0 Å². The summed E-state index contributed by atoms with van der Waals surface area (Å²) in [5, 5.41) is 2.28. The Labute approximate surface area is 63.6 Å². The third-order valence-corrected chi connectivity index (χ3v) is 2.39. The van der Waals surface area contributed by atoms with Gasteiger partial charge in [0.1, 0.15) is 0 Å². The maximum atomic E-state index is 3.41. The fourth-order valence-electron chi connectivity index (χ4n) is 1.61. The number of hydrogen-bond donors (Lipinski definition) is 1. The molecule has 0 aliphatic carbocycles. The third-order valence-electron chi connectivity index (χ3n) is 2.39. The van der Waals surface area contributed by atoms with Crippen LogP contribution in [0.2, 0.25) is 0 Å². The predicted molar refractivity (Wildman–Crippen MR) is 43.6 cm³/mol. The van der Waals surface area contributed by atoms with Gasteiger partial charge in [0.15, 0.2) is 0 Å². The van der Waals surface area contributed by atoms with Gasteiger partial charge < -0.3 is 0 Å². The average molecular weight is 142 g/mol. The summed E-state index contributed by atoms with van der Waals surface area (Å²) in [7, 11) is 0.